The van der Waals surface area contributed by atoms with Crippen molar-refractivity contribution in [3.63, 3.8) is 0 Å². The van der Waals surface area contributed by atoms with E-state index in [9.17, 15) is 40.9 Å². The van der Waals surface area contributed by atoms with Gasteiger partial charge in [0.05, 0.1) is 76.9 Å². The van der Waals surface area contributed by atoms with Gasteiger partial charge in [0.1, 0.15) is 0 Å². The molecule has 2 amide bonds. The number of aliphatic carboxylic acids is 1. The van der Waals surface area contributed by atoms with Crippen LogP contribution in [0.2, 0.25) is 0 Å². The fourth-order valence-corrected chi connectivity index (χ4v) is 5.73. The van der Waals surface area contributed by atoms with Crippen LogP contribution in [-0.4, -0.2) is 84.5 Å². The molecule has 2 aromatic rings. The Morgan fingerprint density at radius 1 is 1.29 bits per heavy atom. The van der Waals surface area contributed by atoms with Crippen molar-refractivity contribution in [3.8, 4) is 0 Å². The summed E-state index contributed by atoms with van der Waals surface area (Å²) in [6, 6.07) is -1.68. The van der Waals surface area contributed by atoms with Gasteiger partial charge in [-0.2, -0.15) is 18.3 Å². The second-order valence-electron chi connectivity index (χ2n) is 11.8. The molecule has 1 saturated carbocycles. The second-order valence-corrected chi connectivity index (χ2v) is 13.8. The van der Waals surface area contributed by atoms with E-state index >= 15 is 0 Å². The first kappa shape index (κ1) is 32.0. The number of amides is 2. The van der Waals surface area contributed by atoms with E-state index < -0.39 is 82.8 Å². The summed E-state index contributed by atoms with van der Waals surface area (Å²) in [6.45, 7) is 3.01. The highest BCUT2D eigenvalue weighted by molar-refractivity contribution is 7.84. The molecule has 2 fully saturated rings. The lowest BCUT2D eigenvalue weighted by atomic mass is 9.85. The largest absolute Gasteiger partial charge is 0.481 e. The number of nitrogens with zero attached hydrogens (tertiary/aromatic N) is 4. The number of halogens is 5. The number of ether oxygens (including phenoxy) is 1. The van der Waals surface area contributed by atoms with Gasteiger partial charge in [0, 0.05) is 12.7 Å². The number of imidazole rings is 1. The van der Waals surface area contributed by atoms with Crippen LogP contribution in [0.25, 0.3) is 5.65 Å². The molecule has 0 spiro atoms. The molecule has 1 aliphatic heterocycles. The number of carbonyl (C=O) groups excluding carboxylic acids is 1. The molecule has 4 rings (SSSR count). The molecule has 2 aliphatic rings. The number of carbonyl (C=O) groups is 2. The van der Waals surface area contributed by atoms with Gasteiger partial charge in [0.2, 0.25) is 0 Å². The van der Waals surface area contributed by atoms with Crippen molar-refractivity contribution in [1.29, 1.82) is 0 Å². The third kappa shape index (κ3) is 6.67. The van der Waals surface area contributed by atoms with Gasteiger partial charge in [-0.15, -0.1) is 0 Å². The van der Waals surface area contributed by atoms with E-state index in [0.717, 1.165) is 4.90 Å². The zero-order valence-corrected chi connectivity index (χ0v) is 24.2. The Morgan fingerprint density at radius 2 is 1.95 bits per heavy atom. The topological polar surface area (TPSA) is 138 Å². The molecule has 0 radical (unpaired) electrons. The molecule has 11 nitrogen and oxygen atoms in total. The van der Waals surface area contributed by atoms with Gasteiger partial charge in [-0.3, -0.25) is 4.79 Å². The van der Waals surface area contributed by atoms with Crippen LogP contribution in [0.4, 0.5) is 26.7 Å². The highest BCUT2D eigenvalue weighted by Gasteiger charge is 2.64. The first-order valence-corrected chi connectivity index (χ1v) is 14.3. The SMILES string of the molecule is COC[C@@H](c1cnn2cc([C@@H](N[S@@](=O)C(C)(C)C)[C@H](CC3(C(F)(F)F)CC3)C(=O)O)nc2c1)N1CC(F)(F)CNC1=O. The Morgan fingerprint density at radius 3 is 2.50 bits per heavy atom. The van der Waals surface area contributed by atoms with Crippen LogP contribution in [0.15, 0.2) is 18.5 Å². The molecule has 0 aromatic carbocycles. The summed E-state index contributed by atoms with van der Waals surface area (Å²) in [7, 11) is -0.557. The number of alkyl halides is 5. The van der Waals surface area contributed by atoms with E-state index in [4.69, 9.17) is 4.74 Å². The van der Waals surface area contributed by atoms with Crippen LogP contribution in [0.1, 0.15) is 63.4 Å². The second kappa shape index (κ2) is 11.3. The number of nitrogens with one attached hydrogen (secondary N) is 2. The summed E-state index contributed by atoms with van der Waals surface area (Å²) in [5.74, 6) is -6.36. The van der Waals surface area contributed by atoms with E-state index in [-0.39, 0.29) is 36.4 Å². The fourth-order valence-electron chi connectivity index (χ4n) is 4.86. The van der Waals surface area contributed by atoms with E-state index in [1.165, 1.54) is 30.1 Å². The lowest BCUT2D eigenvalue weighted by Gasteiger charge is -2.38. The highest BCUT2D eigenvalue weighted by atomic mass is 32.2. The van der Waals surface area contributed by atoms with Crippen LogP contribution >= 0.6 is 0 Å². The lowest BCUT2D eigenvalue weighted by molar-refractivity contribution is -0.194. The number of fused-ring (bicyclic) bond motifs is 1. The van der Waals surface area contributed by atoms with Crippen molar-refractivity contribution in [2.75, 3.05) is 26.8 Å². The van der Waals surface area contributed by atoms with Crippen molar-refractivity contribution in [3.05, 3.63) is 29.7 Å². The molecule has 1 saturated heterocycles. The van der Waals surface area contributed by atoms with Gasteiger partial charge < -0.3 is 20.1 Å². The van der Waals surface area contributed by atoms with Crippen LogP contribution in [0.5, 0.6) is 0 Å². The summed E-state index contributed by atoms with van der Waals surface area (Å²) >= 11 is 0. The molecule has 42 heavy (non-hydrogen) atoms. The maximum atomic E-state index is 14.1. The zero-order chi connectivity index (χ0) is 31.3. The number of rotatable bonds is 11. The monoisotopic (exact) mass is 624 g/mol. The van der Waals surface area contributed by atoms with Crippen LogP contribution < -0.4 is 10.0 Å². The summed E-state index contributed by atoms with van der Waals surface area (Å²) < 4.78 is 91.0. The summed E-state index contributed by atoms with van der Waals surface area (Å²) in [5, 5.41) is 16.4. The van der Waals surface area contributed by atoms with Crippen molar-refractivity contribution in [2.24, 2.45) is 11.3 Å². The third-order valence-corrected chi connectivity index (χ3v) is 9.08. The van der Waals surface area contributed by atoms with E-state index in [1.807, 2.05) is 0 Å². The van der Waals surface area contributed by atoms with Gasteiger partial charge in [0.25, 0.3) is 5.92 Å². The molecule has 4 atom stereocenters. The molecule has 1 aliphatic carbocycles. The number of urea groups is 1. The van der Waals surface area contributed by atoms with Crippen molar-refractivity contribution >= 4 is 28.6 Å². The molecule has 2 aromatic heterocycles. The maximum Gasteiger partial charge on any atom is 0.394 e. The van der Waals surface area contributed by atoms with Crippen LogP contribution in [0, 0.1) is 11.3 Å². The number of carboxylic acids is 1. The normalized spacial score (nSPS) is 21.5. The van der Waals surface area contributed by atoms with Gasteiger partial charge in [-0.25, -0.2) is 32.0 Å². The number of hydrogen-bond donors (Lipinski definition) is 3. The van der Waals surface area contributed by atoms with Gasteiger partial charge >= 0.3 is 18.2 Å². The minimum Gasteiger partial charge on any atom is -0.481 e. The molecule has 0 bridgehead atoms. The van der Waals surface area contributed by atoms with Crippen LogP contribution in [-0.2, 0) is 20.5 Å². The molecule has 234 valence electrons. The summed E-state index contributed by atoms with van der Waals surface area (Å²) in [4.78, 5) is 30.2. The molecule has 3 N–H and O–H groups in total. The number of aromatic nitrogens is 3. The minimum absolute atomic E-state index is 0.0202. The summed E-state index contributed by atoms with van der Waals surface area (Å²) in [6.07, 6.45) is -3.17. The Labute approximate surface area is 240 Å². The van der Waals surface area contributed by atoms with E-state index in [2.05, 4.69) is 20.1 Å². The first-order valence-electron chi connectivity index (χ1n) is 13.1. The zero-order valence-electron chi connectivity index (χ0n) is 23.4. The summed E-state index contributed by atoms with van der Waals surface area (Å²) in [5.41, 5.74) is -1.80. The first-order chi connectivity index (χ1) is 19.4. The quantitative estimate of drug-likeness (QED) is 0.325. The Hall–Kier alpha value is -2.92. The predicted octanol–water partition coefficient (Wildman–Crippen LogP) is 3.60. The third-order valence-electron chi connectivity index (χ3n) is 7.50. The van der Waals surface area contributed by atoms with Gasteiger partial charge in [0.15, 0.2) is 5.65 Å². The smallest absolute Gasteiger partial charge is 0.394 e. The standard InChI is InChI=1S/C25H33F5N6O5S/c1-22(2,3)42(40)34-19(15(20(37)38)8-23(5-6-23)25(28,29)30)16-10-36-18(33-16)7-14(9-32-36)17(11-41-4)35-13-24(26,27)12-31-21(35)39/h7,9-10,15,17,19,34H,5-6,8,11-13H2,1-4H3,(H,31,39)(H,37,38)/t15-,17-,19-,42-/m0/s1. The molecular weight excluding hydrogens is 591 g/mol. The maximum absolute atomic E-state index is 14.1. The Bertz CT molecular complexity index is 1360. The molecule has 3 heterocycles. The van der Waals surface area contributed by atoms with Crippen molar-refractivity contribution in [2.45, 2.75) is 69.0 Å². The predicted molar refractivity (Wildman–Crippen MR) is 140 cm³/mol. The molecular formula is C25H33F5N6O5S. The Balaban J connectivity index is 1.74. The average Bonchev–Trinajstić information content (AvgIpc) is 3.56. The average molecular weight is 625 g/mol. The number of hydrogen-bond acceptors (Lipinski definition) is 6. The van der Waals surface area contributed by atoms with Crippen LogP contribution in [0.3, 0.4) is 0 Å². The van der Waals surface area contributed by atoms with E-state index in [0.29, 0.717) is 0 Å². The Kier molecular flexibility index (Phi) is 8.61. The van der Waals surface area contributed by atoms with Gasteiger partial charge in [-0.1, -0.05) is 0 Å². The molecule has 0 unspecified atom stereocenters. The highest BCUT2D eigenvalue weighted by Crippen LogP contribution is 2.62. The minimum atomic E-state index is -4.61. The van der Waals surface area contributed by atoms with Crippen molar-refractivity contribution in [1.82, 2.24) is 29.5 Å². The van der Waals surface area contributed by atoms with Crippen molar-refractivity contribution < 1.29 is 45.6 Å². The molecule has 17 heteroatoms. The van der Waals surface area contributed by atoms with Gasteiger partial charge in [-0.05, 0) is 46.1 Å². The van der Waals surface area contributed by atoms with E-state index in [1.54, 1.807) is 20.8 Å². The number of carboxylic acid groups (broad SMARTS) is 1. The number of methoxy groups -OCH3 is 1. The fraction of sp³-hybridized carbons (Fsp3) is 0.680. The lowest BCUT2D eigenvalue weighted by Crippen LogP contribution is -2.58.